The van der Waals surface area contributed by atoms with E-state index in [0.717, 1.165) is 5.56 Å². The molecule has 2 rings (SSSR count). The predicted molar refractivity (Wildman–Crippen MR) is 94.9 cm³/mol. The number of rotatable bonds is 7. The van der Waals surface area contributed by atoms with Crippen LogP contribution < -0.4 is 10.2 Å². The van der Waals surface area contributed by atoms with Crippen molar-refractivity contribution in [2.45, 2.75) is 19.8 Å². The number of nitro benzene ring substituents is 1. The summed E-state index contributed by atoms with van der Waals surface area (Å²) in [5.41, 5.74) is 3.93. The van der Waals surface area contributed by atoms with Crippen LogP contribution in [-0.2, 0) is 4.79 Å². The van der Waals surface area contributed by atoms with Crippen molar-refractivity contribution >= 4 is 17.8 Å². The minimum absolute atomic E-state index is 0.0383. The highest BCUT2D eigenvalue weighted by molar-refractivity contribution is 5.83. The molecule has 0 saturated carbocycles. The highest BCUT2D eigenvalue weighted by Gasteiger charge is 2.05. The van der Waals surface area contributed by atoms with Crippen molar-refractivity contribution in [1.82, 2.24) is 5.43 Å². The largest absolute Gasteiger partial charge is 0.484 e. The third kappa shape index (κ3) is 5.72. The highest BCUT2D eigenvalue weighted by atomic mass is 16.6. The minimum atomic E-state index is -0.491. The Bertz CT molecular complexity index is 787. The van der Waals surface area contributed by atoms with Gasteiger partial charge in [0.05, 0.1) is 11.1 Å². The first-order valence-corrected chi connectivity index (χ1v) is 7.75. The van der Waals surface area contributed by atoms with Gasteiger partial charge in [-0.3, -0.25) is 14.9 Å². The Labute approximate surface area is 145 Å². The van der Waals surface area contributed by atoms with Crippen molar-refractivity contribution in [3.05, 3.63) is 69.8 Å². The molecule has 0 aromatic heterocycles. The Morgan fingerprint density at radius 1 is 1.28 bits per heavy atom. The Morgan fingerprint density at radius 3 is 2.76 bits per heavy atom. The summed E-state index contributed by atoms with van der Waals surface area (Å²) in [5, 5.41) is 14.5. The van der Waals surface area contributed by atoms with Gasteiger partial charge in [0.25, 0.3) is 11.6 Å². The molecule has 25 heavy (non-hydrogen) atoms. The molecule has 0 aliphatic heterocycles. The molecule has 0 fully saturated rings. The van der Waals surface area contributed by atoms with E-state index in [4.69, 9.17) is 4.74 Å². The molecule has 0 heterocycles. The molecule has 0 saturated heterocycles. The number of carbonyl (C=O) groups excluding carboxylic acids is 1. The van der Waals surface area contributed by atoms with Crippen molar-refractivity contribution in [2.24, 2.45) is 5.10 Å². The summed E-state index contributed by atoms with van der Waals surface area (Å²) < 4.78 is 5.44. The molecule has 0 unspecified atom stereocenters. The van der Waals surface area contributed by atoms with Gasteiger partial charge in [0.2, 0.25) is 0 Å². The highest BCUT2D eigenvalue weighted by Crippen LogP contribution is 2.19. The molecule has 0 aliphatic carbocycles. The molecule has 0 spiro atoms. The predicted octanol–water partition coefficient (Wildman–Crippen LogP) is 3.25. The van der Waals surface area contributed by atoms with E-state index in [1.807, 2.05) is 18.2 Å². The quantitative estimate of drug-likeness (QED) is 0.475. The molecule has 0 aliphatic rings. The zero-order chi connectivity index (χ0) is 18.2. The van der Waals surface area contributed by atoms with Crippen LogP contribution in [0.5, 0.6) is 5.75 Å². The van der Waals surface area contributed by atoms with E-state index in [9.17, 15) is 14.9 Å². The zero-order valence-corrected chi connectivity index (χ0v) is 14.0. The summed E-state index contributed by atoms with van der Waals surface area (Å²) >= 11 is 0. The molecule has 2 aromatic rings. The molecule has 7 heteroatoms. The lowest BCUT2D eigenvalue weighted by molar-refractivity contribution is -0.384. The Kier molecular flexibility index (Phi) is 6.22. The van der Waals surface area contributed by atoms with E-state index < -0.39 is 10.8 Å². The van der Waals surface area contributed by atoms with Crippen LogP contribution >= 0.6 is 0 Å². The average molecular weight is 341 g/mol. The van der Waals surface area contributed by atoms with Crippen LogP contribution in [-0.4, -0.2) is 23.7 Å². The Morgan fingerprint density at radius 2 is 2.04 bits per heavy atom. The molecule has 130 valence electrons. The summed E-state index contributed by atoms with van der Waals surface area (Å²) in [6.45, 7) is 3.98. The lowest BCUT2D eigenvalue weighted by Gasteiger charge is -2.09. The summed E-state index contributed by atoms with van der Waals surface area (Å²) in [6, 6.07) is 13.5. The number of carbonyl (C=O) groups is 1. The van der Waals surface area contributed by atoms with E-state index in [0.29, 0.717) is 17.2 Å². The summed E-state index contributed by atoms with van der Waals surface area (Å²) in [5.74, 6) is 0.567. The second-order valence-electron chi connectivity index (χ2n) is 5.66. The first kappa shape index (κ1) is 18.1. The van der Waals surface area contributed by atoms with Crippen molar-refractivity contribution in [3.8, 4) is 5.75 Å². The third-order valence-corrected chi connectivity index (χ3v) is 3.38. The zero-order valence-electron chi connectivity index (χ0n) is 14.0. The molecular weight excluding hydrogens is 322 g/mol. The number of benzene rings is 2. The van der Waals surface area contributed by atoms with E-state index in [-0.39, 0.29) is 12.3 Å². The van der Waals surface area contributed by atoms with Gasteiger partial charge in [0.1, 0.15) is 5.75 Å². The van der Waals surface area contributed by atoms with Gasteiger partial charge in [-0.25, -0.2) is 5.43 Å². The molecule has 7 nitrogen and oxygen atoms in total. The van der Waals surface area contributed by atoms with E-state index in [2.05, 4.69) is 24.4 Å². The minimum Gasteiger partial charge on any atom is -0.484 e. The first-order chi connectivity index (χ1) is 12.0. The molecule has 2 aromatic carbocycles. The summed E-state index contributed by atoms with van der Waals surface area (Å²) in [4.78, 5) is 21.9. The number of hydrazone groups is 1. The number of nitrogens with one attached hydrogen (secondary N) is 1. The van der Waals surface area contributed by atoms with E-state index >= 15 is 0 Å². The second-order valence-corrected chi connectivity index (χ2v) is 5.66. The standard InChI is InChI=1S/C18H19N3O4/c1-13(2)15-6-4-8-17(10-15)25-12-18(22)20-19-11-14-5-3-7-16(9-14)21(23)24/h3-11,13H,12H2,1-2H3,(H,20,22)/b19-11+. The Hall–Kier alpha value is -3.22. The molecule has 0 radical (unpaired) electrons. The number of hydrogen-bond acceptors (Lipinski definition) is 5. The van der Waals surface area contributed by atoms with Crippen molar-refractivity contribution in [1.29, 1.82) is 0 Å². The van der Waals surface area contributed by atoms with Crippen LogP contribution in [0.25, 0.3) is 0 Å². The van der Waals surface area contributed by atoms with Gasteiger partial charge in [0.15, 0.2) is 6.61 Å². The van der Waals surface area contributed by atoms with Crippen LogP contribution in [0.2, 0.25) is 0 Å². The van der Waals surface area contributed by atoms with Crippen LogP contribution in [0.15, 0.2) is 53.6 Å². The topological polar surface area (TPSA) is 93.8 Å². The average Bonchev–Trinajstić information content (AvgIpc) is 2.60. The monoisotopic (exact) mass is 341 g/mol. The van der Waals surface area contributed by atoms with Gasteiger partial charge in [-0.1, -0.05) is 38.1 Å². The maximum Gasteiger partial charge on any atom is 0.277 e. The fraction of sp³-hybridized carbons (Fsp3) is 0.222. The smallest absolute Gasteiger partial charge is 0.277 e. The number of nitrogens with zero attached hydrogens (tertiary/aromatic N) is 2. The Balaban J connectivity index is 1.85. The number of ether oxygens (including phenoxy) is 1. The van der Waals surface area contributed by atoms with Crippen LogP contribution in [0, 0.1) is 10.1 Å². The lowest BCUT2D eigenvalue weighted by atomic mass is 10.0. The van der Waals surface area contributed by atoms with Gasteiger partial charge in [-0.05, 0) is 23.6 Å². The van der Waals surface area contributed by atoms with E-state index in [1.165, 1.54) is 18.3 Å². The van der Waals surface area contributed by atoms with Crippen molar-refractivity contribution < 1.29 is 14.5 Å². The fourth-order valence-corrected chi connectivity index (χ4v) is 2.04. The molecule has 0 bridgehead atoms. The van der Waals surface area contributed by atoms with Crippen molar-refractivity contribution in [2.75, 3.05) is 6.61 Å². The van der Waals surface area contributed by atoms with Gasteiger partial charge in [-0.15, -0.1) is 0 Å². The van der Waals surface area contributed by atoms with Crippen LogP contribution in [0.1, 0.15) is 30.9 Å². The third-order valence-electron chi connectivity index (χ3n) is 3.38. The lowest BCUT2D eigenvalue weighted by Crippen LogP contribution is -2.24. The van der Waals surface area contributed by atoms with Crippen molar-refractivity contribution in [3.63, 3.8) is 0 Å². The second kappa shape index (κ2) is 8.58. The van der Waals surface area contributed by atoms with Crippen LogP contribution in [0.3, 0.4) is 0 Å². The SMILES string of the molecule is CC(C)c1cccc(OCC(=O)N/N=C/c2cccc([N+](=O)[O-])c2)c1. The maximum absolute atomic E-state index is 11.7. The van der Waals surface area contributed by atoms with Gasteiger partial charge >= 0.3 is 0 Å². The molecule has 1 N–H and O–H groups in total. The first-order valence-electron chi connectivity index (χ1n) is 7.75. The molecule has 1 amide bonds. The fourth-order valence-electron chi connectivity index (χ4n) is 2.04. The van der Waals surface area contributed by atoms with Gasteiger partial charge in [-0.2, -0.15) is 5.10 Å². The van der Waals surface area contributed by atoms with Crippen LogP contribution in [0.4, 0.5) is 5.69 Å². The molecular formula is C18H19N3O4. The van der Waals surface area contributed by atoms with E-state index in [1.54, 1.807) is 18.2 Å². The van der Waals surface area contributed by atoms with Gasteiger partial charge < -0.3 is 4.74 Å². The number of non-ortho nitro benzene ring substituents is 1. The number of hydrogen-bond donors (Lipinski definition) is 1. The summed E-state index contributed by atoms with van der Waals surface area (Å²) in [7, 11) is 0. The summed E-state index contributed by atoms with van der Waals surface area (Å²) in [6.07, 6.45) is 1.34. The number of amides is 1. The van der Waals surface area contributed by atoms with Gasteiger partial charge in [0, 0.05) is 17.7 Å². The normalized spacial score (nSPS) is 10.8. The maximum atomic E-state index is 11.7. The number of nitro groups is 1. The molecule has 0 atom stereocenters.